The lowest BCUT2D eigenvalue weighted by molar-refractivity contribution is -0.247. The zero-order chi connectivity index (χ0) is 31.4. The summed E-state index contributed by atoms with van der Waals surface area (Å²) in [4.78, 5) is 59.4. The number of ether oxygens (including phenoxy) is 2. The summed E-state index contributed by atoms with van der Waals surface area (Å²) in [5, 5.41) is 55.1. The maximum absolute atomic E-state index is 12.5. The first kappa shape index (κ1) is 33.9. The monoisotopic (exact) mass is 648 g/mol. The van der Waals surface area contributed by atoms with Gasteiger partial charge >= 0.3 is 21.3 Å². The normalized spacial score (nSPS) is 34.1. The molecule has 9 N–H and O–H groups in total. The van der Waals surface area contributed by atoms with E-state index in [-0.39, 0.29) is 0 Å². The molecule has 0 saturated carbocycles. The van der Waals surface area contributed by atoms with Crippen LogP contribution in [-0.4, -0.2) is 119 Å². The first-order valence-electron chi connectivity index (χ1n) is 11.5. The Balaban J connectivity index is 1.67. The Labute approximate surface area is 232 Å². The molecule has 25 heteroatoms. The van der Waals surface area contributed by atoms with Crippen LogP contribution in [0.1, 0.15) is 6.23 Å². The van der Waals surface area contributed by atoms with Crippen LogP contribution >= 0.6 is 15.6 Å². The van der Waals surface area contributed by atoms with E-state index in [1.165, 1.54) is 0 Å². The molecule has 42 heavy (non-hydrogen) atoms. The van der Waals surface area contributed by atoms with Crippen LogP contribution in [0.4, 0.5) is 0 Å². The highest BCUT2D eigenvalue weighted by molar-refractivity contribution is 7.61. The Morgan fingerprint density at radius 1 is 1.10 bits per heavy atom. The number of phosphoric ester groups is 2. The lowest BCUT2D eigenvalue weighted by Gasteiger charge is -2.42. The number of aliphatic hydroxyl groups excluding tert-OH is 5. The Kier molecular flexibility index (Phi) is 11.2. The predicted molar refractivity (Wildman–Crippen MR) is 129 cm³/mol. The van der Waals surface area contributed by atoms with Crippen LogP contribution in [0, 0.1) is 0 Å². The fraction of sp³-hybridized carbons (Fsp3) is 0.706. The number of phosphoric acid groups is 2. The third-order valence-electron chi connectivity index (χ3n) is 5.79. The summed E-state index contributed by atoms with van der Waals surface area (Å²) in [6.07, 6.45) is -13.6. The topological polar surface area (TPSA) is 355 Å². The predicted octanol–water partition coefficient (Wildman–Crippen LogP) is -4.36. The number of H-pyrrole nitrogens is 1. The smallest absolute Gasteiger partial charge is 0.394 e. The van der Waals surface area contributed by atoms with Crippen molar-refractivity contribution in [3.63, 3.8) is 0 Å². The second-order valence-electron chi connectivity index (χ2n) is 8.67. The van der Waals surface area contributed by atoms with Crippen molar-refractivity contribution in [3.05, 3.63) is 43.5 Å². The van der Waals surface area contributed by atoms with Crippen LogP contribution < -0.4 is 16.6 Å². The van der Waals surface area contributed by atoms with Gasteiger partial charge in [-0.3, -0.25) is 28.2 Å². The first-order valence-corrected chi connectivity index (χ1v) is 14.5. The number of nitrogens with one attached hydrogen (secondary N) is 2. The van der Waals surface area contributed by atoms with E-state index in [2.05, 4.69) is 23.4 Å². The van der Waals surface area contributed by atoms with Crippen LogP contribution in [0.3, 0.4) is 0 Å². The van der Waals surface area contributed by atoms with Crippen LogP contribution in [0.25, 0.3) is 10.4 Å². The quantitative estimate of drug-likeness (QED) is 0.0447. The van der Waals surface area contributed by atoms with Gasteiger partial charge in [-0.1, -0.05) is 5.11 Å². The molecule has 236 valence electrons. The average Bonchev–Trinajstić information content (AvgIpc) is 3.18. The van der Waals surface area contributed by atoms with Crippen LogP contribution in [0.2, 0.25) is 0 Å². The van der Waals surface area contributed by atoms with Gasteiger partial charge in [-0.2, -0.15) is 4.31 Å². The molecule has 1 aromatic heterocycles. The van der Waals surface area contributed by atoms with Crippen molar-refractivity contribution in [2.24, 2.45) is 5.11 Å². The molecule has 0 aliphatic carbocycles. The number of aromatic nitrogens is 2. The highest BCUT2D eigenvalue weighted by Crippen LogP contribution is 2.61. The molecule has 3 unspecified atom stereocenters. The van der Waals surface area contributed by atoms with E-state index in [1.54, 1.807) is 0 Å². The molecule has 0 radical (unpaired) electrons. The number of hydrogen-bond acceptors (Lipinski definition) is 16. The Hall–Kier alpha value is -2.56. The first-order chi connectivity index (χ1) is 19.6. The number of hydrogen-bond donors (Lipinski definition) is 9. The van der Waals surface area contributed by atoms with E-state index in [0.717, 1.165) is 12.3 Å². The maximum atomic E-state index is 12.5. The zero-order valence-corrected chi connectivity index (χ0v) is 22.7. The van der Waals surface area contributed by atoms with E-state index in [4.69, 9.17) is 15.0 Å². The van der Waals surface area contributed by atoms with Gasteiger partial charge in [0.1, 0.15) is 49.2 Å². The minimum absolute atomic E-state index is 0.705. The van der Waals surface area contributed by atoms with Crippen LogP contribution in [0.5, 0.6) is 0 Å². The molecule has 1 amide bonds. The number of carbonyl (C=O) groups is 1. The molecular formula is C17H26N6O17P2. The summed E-state index contributed by atoms with van der Waals surface area (Å²) in [7, 11) is -11.3. The van der Waals surface area contributed by atoms with Crippen molar-refractivity contribution in [2.45, 2.75) is 55.2 Å². The van der Waals surface area contributed by atoms with E-state index in [0.29, 0.717) is 4.57 Å². The van der Waals surface area contributed by atoms with Crippen molar-refractivity contribution in [1.29, 1.82) is 0 Å². The van der Waals surface area contributed by atoms with Gasteiger partial charge < -0.3 is 50.1 Å². The van der Waals surface area contributed by atoms with Crippen LogP contribution in [0.15, 0.2) is 27.0 Å². The molecule has 2 fully saturated rings. The second kappa shape index (κ2) is 13.8. The summed E-state index contributed by atoms with van der Waals surface area (Å²) < 4.78 is 49.3. The van der Waals surface area contributed by atoms with Crippen molar-refractivity contribution in [3.8, 4) is 0 Å². The summed E-state index contributed by atoms with van der Waals surface area (Å²) in [6, 6.07) is -0.958. The fourth-order valence-electron chi connectivity index (χ4n) is 3.85. The number of rotatable bonds is 12. The highest BCUT2D eigenvalue weighted by Gasteiger charge is 2.50. The standard InChI is InChI=1S/C17H26N6O17P2/c18-22-19-3-9(26)20-10-13(29)11(27)6(4-24)38-16(10)39-42(34,35)40-41(32,33)36-5-7-12(28)14(30)15(37-7)23-2-1-8(25)21-17(23)31/h1-2,6-7,10-16,24,27-30H,3-5H2,(H,20,26)(H,32,33)(H,34,35)(H,21,25,31)/t6-,7-,10-,11-,12+,13-,14?,15-,16-/m1/s1. The zero-order valence-electron chi connectivity index (χ0n) is 20.9. The van der Waals surface area contributed by atoms with Gasteiger partial charge in [0.25, 0.3) is 5.56 Å². The van der Waals surface area contributed by atoms with Crippen molar-refractivity contribution < 1.29 is 72.1 Å². The Morgan fingerprint density at radius 2 is 1.76 bits per heavy atom. The van der Waals surface area contributed by atoms with Crippen LogP contribution in [-0.2, 0) is 36.8 Å². The van der Waals surface area contributed by atoms with Gasteiger partial charge in [0, 0.05) is 17.2 Å². The minimum atomic E-state index is -5.73. The largest absolute Gasteiger partial charge is 0.483 e. The van der Waals surface area contributed by atoms with Crippen molar-refractivity contribution in [2.75, 3.05) is 19.8 Å². The van der Waals surface area contributed by atoms with Gasteiger partial charge in [0.2, 0.25) is 5.91 Å². The number of aromatic amines is 1. The number of azide groups is 1. The molecule has 2 aliphatic heterocycles. The summed E-state index contributed by atoms with van der Waals surface area (Å²) in [6.45, 7) is -2.85. The average molecular weight is 648 g/mol. The number of amides is 1. The molecule has 11 atom stereocenters. The summed E-state index contributed by atoms with van der Waals surface area (Å²) in [5.74, 6) is -1.08. The van der Waals surface area contributed by atoms with E-state index in [9.17, 15) is 58.8 Å². The molecule has 2 saturated heterocycles. The van der Waals surface area contributed by atoms with Gasteiger partial charge in [-0.25, -0.2) is 13.9 Å². The Morgan fingerprint density at radius 3 is 2.38 bits per heavy atom. The van der Waals surface area contributed by atoms with Crippen molar-refractivity contribution >= 4 is 21.6 Å². The molecule has 2 aliphatic rings. The molecule has 0 aromatic carbocycles. The van der Waals surface area contributed by atoms with Gasteiger partial charge in [0.15, 0.2) is 12.5 Å². The molecule has 0 spiro atoms. The summed E-state index contributed by atoms with van der Waals surface area (Å²) >= 11 is 0. The SMILES string of the molecule is [N-]=[N+]=NCC(=O)N[C@H]1[C@@H](OP(=O)(O)OP(=O)(O)OC[C@H]2O[C@@H](n3ccc(=O)[nH]c3=O)C(O)[C@H]2O)O[C@H](CO)[C@@H](O)[C@@H]1O. The summed E-state index contributed by atoms with van der Waals surface area (Å²) in [5.41, 5.74) is 6.54. The minimum Gasteiger partial charge on any atom is -0.394 e. The maximum Gasteiger partial charge on any atom is 0.483 e. The van der Waals surface area contributed by atoms with Crippen molar-refractivity contribution in [1.82, 2.24) is 14.9 Å². The third-order valence-corrected chi connectivity index (χ3v) is 8.39. The molecular weight excluding hydrogens is 622 g/mol. The molecule has 1 aromatic rings. The third kappa shape index (κ3) is 8.29. The van der Waals surface area contributed by atoms with E-state index in [1.807, 2.05) is 10.3 Å². The van der Waals surface area contributed by atoms with E-state index >= 15 is 0 Å². The molecule has 23 nitrogen and oxygen atoms in total. The number of nitrogens with zero attached hydrogens (tertiary/aromatic N) is 4. The number of aliphatic hydroxyl groups is 5. The lowest BCUT2D eigenvalue weighted by atomic mass is 9.97. The molecule has 3 heterocycles. The lowest BCUT2D eigenvalue weighted by Crippen LogP contribution is -2.64. The fourth-order valence-corrected chi connectivity index (χ4v) is 6.01. The molecule has 3 rings (SSSR count). The Bertz CT molecular complexity index is 1380. The van der Waals surface area contributed by atoms with Gasteiger partial charge in [-0.05, 0) is 5.53 Å². The van der Waals surface area contributed by atoms with Gasteiger partial charge in [0.05, 0.1) is 13.2 Å². The molecule has 0 bridgehead atoms. The number of carbonyl (C=O) groups excluding carboxylic acids is 1. The van der Waals surface area contributed by atoms with Gasteiger partial charge in [-0.15, -0.1) is 0 Å². The second-order valence-corrected chi connectivity index (χ2v) is 11.7. The highest BCUT2D eigenvalue weighted by atomic mass is 31.3. The van der Waals surface area contributed by atoms with E-state index < -0.39 is 108 Å².